The zero-order valence-corrected chi connectivity index (χ0v) is 14.0. The molecule has 0 N–H and O–H groups in total. The lowest BCUT2D eigenvalue weighted by Gasteiger charge is -2.21. The summed E-state index contributed by atoms with van der Waals surface area (Å²) in [4.78, 5) is 14.2. The van der Waals surface area contributed by atoms with Crippen molar-refractivity contribution in [3.05, 3.63) is 59.4 Å². The molecule has 1 saturated carbocycles. The first-order valence-corrected chi connectivity index (χ1v) is 8.66. The average molecular weight is 361 g/mol. The van der Waals surface area contributed by atoms with Gasteiger partial charge in [0.05, 0.1) is 5.56 Å². The minimum absolute atomic E-state index is 0.100. The number of rotatable bonds is 2. The SMILES string of the molecule is O=C(c1cccnn1)N1C[C@H]2CC(c3ccccc3C(F)(F)F)C[C@H]2C1. The number of carbonyl (C=O) groups excluding carboxylic acids is 1. The summed E-state index contributed by atoms with van der Waals surface area (Å²) in [5, 5.41) is 7.58. The van der Waals surface area contributed by atoms with Gasteiger partial charge >= 0.3 is 6.18 Å². The highest BCUT2D eigenvalue weighted by atomic mass is 19.4. The van der Waals surface area contributed by atoms with Gasteiger partial charge in [0.2, 0.25) is 0 Å². The van der Waals surface area contributed by atoms with E-state index in [0.29, 0.717) is 37.2 Å². The molecule has 7 heteroatoms. The van der Waals surface area contributed by atoms with Crippen LogP contribution in [0.2, 0.25) is 0 Å². The molecule has 4 rings (SSSR count). The third-order valence-electron chi connectivity index (χ3n) is 5.54. The zero-order valence-electron chi connectivity index (χ0n) is 14.0. The molecule has 2 aromatic rings. The number of aromatic nitrogens is 2. The molecule has 1 aromatic carbocycles. The van der Waals surface area contributed by atoms with E-state index >= 15 is 0 Å². The van der Waals surface area contributed by atoms with Crippen LogP contribution in [0.1, 0.15) is 40.4 Å². The van der Waals surface area contributed by atoms with Crippen molar-refractivity contribution in [2.75, 3.05) is 13.1 Å². The third-order valence-corrected chi connectivity index (χ3v) is 5.54. The van der Waals surface area contributed by atoms with Crippen molar-refractivity contribution >= 4 is 5.91 Å². The monoisotopic (exact) mass is 361 g/mol. The number of amides is 1. The average Bonchev–Trinajstić information content (AvgIpc) is 3.20. The van der Waals surface area contributed by atoms with Gasteiger partial charge in [-0.15, -0.1) is 5.10 Å². The maximum absolute atomic E-state index is 13.3. The Kier molecular flexibility index (Phi) is 4.17. The van der Waals surface area contributed by atoms with Crippen LogP contribution in [0.4, 0.5) is 13.2 Å². The fourth-order valence-electron chi connectivity index (χ4n) is 4.41. The fourth-order valence-corrected chi connectivity index (χ4v) is 4.41. The Morgan fingerprint density at radius 2 is 1.73 bits per heavy atom. The second-order valence-electron chi connectivity index (χ2n) is 7.09. The minimum Gasteiger partial charge on any atom is -0.337 e. The quantitative estimate of drug-likeness (QED) is 0.818. The summed E-state index contributed by atoms with van der Waals surface area (Å²) in [6.45, 7) is 1.15. The topological polar surface area (TPSA) is 46.1 Å². The van der Waals surface area contributed by atoms with Gasteiger partial charge in [-0.3, -0.25) is 4.79 Å². The molecule has 4 nitrogen and oxygen atoms in total. The fraction of sp³-hybridized carbons (Fsp3) is 0.421. The highest BCUT2D eigenvalue weighted by Gasteiger charge is 2.45. The Morgan fingerprint density at radius 3 is 2.35 bits per heavy atom. The first-order chi connectivity index (χ1) is 12.4. The summed E-state index contributed by atoms with van der Waals surface area (Å²) in [7, 11) is 0. The lowest BCUT2D eigenvalue weighted by molar-refractivity contribution is -0.138. The van der Waals surface area contributed by atoms with Gasteiger partial charge in [-0.25, -0.2) is 0 Å². The Bertz CT molecular complexity index is 795. The number of alkyl halides is 3. The summed E-state index contributed by atoms with van der Waals surface area (Å²) in [6, 6.07) is 9.16. The van der Waals surface area contributed by atoms with Crippen LogP contribution in [0.25, 0.3) is 0 Å². The smallest absolute Gasteiger partial charge is 0.337 e. The molecule has 0 spiro atoms. The molecule has 2 aliphatic rings. The van der Waals surface area contributed by atoms with E-state index in [1.807, 2.05) is 0 Å². The molecule has 1 aromatic heterocycles. The predicted molar refractivity (Wildman–Crippen MR) is 88.3 cm³/mol. The van der Waals surface area contributed by atoms with E-state index in [0.717, 1.165) is 6.07 Å². The van der Waals surface area contributed by atoms with Gasteiger partial charge in [0.1, 0.15) is 0 Å². The van der Waals surface area contributed by atoms with Crippen LogP contribution in [0, 0.1) is 11.8 Å². The lowest BCUT2D eigenvalue weighted by atomic mass is 9.91. The van der Waals surface area contributed by atoms with Crippen LogP contribution < -0.4 is 0 Å². The van der Waals surface area contributed by atoms with Gasteiger partial charge in [0, 0.05) is 19.3 Å². The van der Waals surface area contributed by atoms with Crippen molar-refractivity contribution in [1.82, 2.24) is 15.1 Å². The molecule has 1 saturated heterocycles. The van der Waals surface area contributed by atoms with Crippen LogP contribution in [0.15, 0.2) is 42.6 Å². The van der Waals surface area contributed by atoms with E-state index < -0.39 is 11.7 Å². The van der Waals surface area contributed by atoms with E-state index in [9.17, 15) is 18.0 Å². The number of benzene rings is 1. The lowest BCUT2D eigenvalue weighted by Crippen LogP contribution is -2.30. The van der Waals surface area contributed by atoms with E-state index in [-0.39, 0.29) is 23.7 Å². The number of carbonyl (C=O) groups is 1. The Hall–Kier alpha value is -2.44. The molecule has 3 atom stereocenters. The Labute approximate surface area is 149 Å². The standard InChI is InChI=1S/C19H18F3N3O/c20-19(21,22)16-5-2-1-4-15(16)12-8-13-10-25(11-14(13)9-12)18(26)17-6-3-7-23-24-17/h1-7,12-14H,8-11H2/t12?,13-,14+. The van der Waals surface area contributed by atoms with Gasteiger partial charge in [0.15, 0.2) is 5.69 Å². The number of likely N-dealkylation sites (tertiary alicyclic amines) is 1. The Balaban J connectivity index is 1.47. The molecular weight excluding hydrogens is 343 g/mol. The highest BCUT2D eigenvalue weighted by Crippen LogP contribution is 2.48. The molecule has 2 fully saturated rings. The molecule has 26 heavy (non-hydrogen) atoms. The number of hydrogen-bond donors (Lipinski definition) is 0. The van der Waals surface area contributed by atoms with Gasteiger partial charge < -0.3 is 4.90 Å². The van der Waals surface area contributed by atoms with Crippen molar-refractivity contribution < 1.29 is 18.0 Å². The molecule has 0 radical (unpaired) electrons. The summed E-state index contributed by atoms with van der Waals surface area (Å²) in [5.41, 5.74) is 0.171. The van der Waals surface area contributed by atoms with Crippen molar-refractivity contribution in [2.45, 2.75) is 24.9 Å². The van der Waals surface area contributed by atoms with Crippen molar-refractivity contribution in [3.8, 4) is 0 Å². The normalized spacial score (nSPS) is 25.3. The highest BCUT2D eigenvalue weighted by molar-refractivity contribution is 5.92. The summed E-state index contributed by atoms with van der Waals surface area (Å²) in [5.74, 6) is 0.222. The van der Waals surface area contributed by atoms with Crippen LogP contribution in [-0.2, 0) is 6.18 Å². The van der Waals surface area contributed by atoms with Gasteiger partial charge in [-0.05, 0) is 54.4 Å². The largest absolute Gasteiger partial charge is 0.416 e. The molecule has 1 aliphatic heterocycles. The van der Waals surface area contributed by atoms with Crippen LogP contribution in [0.5, 0.6) is 0 Å². The van der Waals surface area contributed by atoms with Crippen molar-refractivity contribution in [3.63, 3.8) is 0 Å². The molecule has 2 heterocycles. The molecule has 0 bridgehead atoms. The van der Waals surface area contributed by atoms with Gasteiger partial charge in [-0.1, -0.05) is 18.2 Å². The second kappa shape index (κ2) is 6.37. The summed E-state index contributed by atoms with van der Waals surface area (Å²) < 4.78 is 39.8. The summed E-state index contributed by atoms with van der Waals surface area (Å²) >= 11 is 0. The first kappa shape index (κ1) is 17.0. The number of hydrogen-bond acceptors (Lipinski definition) is 3. The van der Waals surface area contributed by atoms with E-state index in [4.69, 9.17) is 0 Å². The number of halogens is 3. The van der Waals surface area contributed by atoms with Crippen LogP contribution >= 0.6 is 0 Å². The van der Waals surface area contributed by atoms with E-state index in [2.05, 4.69) is 10.2 Å². The first-order valence-electron chi connectivity index (χ1n) is 8.66. The second-order valence-corrected chi connectivity index (χ2v) is 7.09. The maximum Gasteiger partial charge on any atom is 0.416 e. The molecule has 1 unspecified atom stereocenters. The zero-order chi connectivity index (χ0) is 18.3. The maximum atomic E-state index is 13.3. The van der Waals surface area contributed by atoms with Crippen molar-refractivity contribution in [2.24, 2.45) is 11.8 Å². The third kappa shape index (κ3) is 3.06. The van der Waals surface area contributed by atoms with E-state index in [1.54, 1.807) is 29.2 Å². The van der Waals surface area contributed by atoms with Crippen LogP contribution in [0.3, 0.4) is 0 Å². The number of nitrogens with zero attached hydrogens (tertiary/aromatic N) is 3. The number of fused-ring (bicyclic) bond motifs is 1. The van der Waals surface area contributed by atoms with Crippen LogP contribution in [-0.4, -0.2) is 34.1 Å². The molecular formula is C19H18F3N3O. The Morgan fingerprint density at radius 1 is 1.04 bits per heavy atom. The minimum atomic E-state index is -4.33. The van der Waals surface area contributed by atoms with E-state index in [1.165, 1.54) is 12.3 Å². The predicted octanol–water partition coefficient (Wildman–Crippen LogP) is 3.76. The summed E-state index contributed by atoms with van der Waals surface area (Å²) in [6.07, 6.45) is -1.45. The molecule has 1 amide bonds. The van der Waals surface area contributed by atoms with Gasteiger partial charge in [0.25, 0.3) is 5.91 Å². The van der Waals surface area contributed by atoms with Gasteiger partial charge in [-0.2, -0.15) is 18.3 Å². The molecule has 136 valence electrons. The van der Waals surface area contributed by atoms with Crippen molar-refractivity contribution in [1.29, 1.82) is 0 Å². The molecule has 1 aliphatic carbocycles.